The number of anilines is 1. The molecule has 0 bridgehead atoms. The molecule has 5 N–H and O–H groups in total. The Morgan fingerprint density at radius 3 is 2.07 bits per heavy atom. The van der Waals surface area contributed by atoms with Gasteiger partial charge in [0, 0.05) is 16.8 Å². The highest BCUT2D eigenvalue weighted by molar-refractivity contribution is 6.01. The van der Waals surface area contributed by atoms with Gasteiger partial charge in [-0.15, -0.1) is 0 Å². The summed E-state index contributed by atoms with van der Waals surface area (Å²) in [6.07, 6.45) is -4.54. The normalized spacial score (nSPS) is 10.9. The lowest BCUT2D eigenvalue weighted by Crippen LogP contribution is -2.22. The van der Waals surface area contributed by atoms with E-state index in [0.717, 1.165) is 18.2 Å². The van der Waals surface area contributed by atoms with Crippen LogP contribution in [-0.4, -0.2) is 24.3 Å². The molecule has 10 heteroatoms. The first-order chi connectivity index (χ1) is 12.6. The number of primary amides is 2. The quantitative estimate of drug-likeness (QED) is 0.707. The van der Waals surface area contributed by atoms with Crippen molar-refractivity contribution < 1.29 is 32.3 Å². The van der Waals surface area contributed by atoms with E-state index in [-0.39, 0.29) is 22.6 Å². The average Bonchev–Trinajstić information content (AvgIpc) is 2.59. The van der Waals surface area contributed by atoms with Crippen LogP contribution in [0.25, 0.3) is 0 Å². The number of ether oxygens (including phenoxy) is 1. The number of carbonyl (C=O) groups is 3. The maximum Gasteiger partial charge on any atom is 0.416 e. The summed E-state index contributed by atoms with van der Waals surface area (Å²) >= 11 is 0. The van der Waals surface area contributed by atoms with E-state index in [9.17, 15) is 27.6 Å². The third kappa shape index (κ3) is 5.46. The number of hydrogen-bond acceptors (Lipinski definition) is 4. The van der Waals surface area contributed by atoms with E-state index in [2.05, 4.69) is 5.32 Å². The molecule has 0 radical (unpaired) electrons. The summed E-state index contributed by atoms with van der Waals surface area (Å²) in [5.41, 5.74) is 9.32. The zero-order valence-corrected chi connectivity index (χ0v) is 13.7. The molecular weight excluding hydrogens is 367 g/mol. The minimum Gasteiger partial charge on any atom is -0.484 e. The van der Waals surface area contributed by atoms with Gasteiger partial charge in [-0.25, -0.2) is 0 Å². The number of nitrogens with two attached hydrogens (primary N) is 2. The van der Waals surface area contributed by atoms with Crippen LogP contribution in [0.3, 0.4) is 0 Å². The summed E-state index contributed by atoms with van der Waals surface area (Å²) in [6, 6.07) is 7.64. The van der Waals surface area contributed by atoms with Crippen molar-refractivity contribution >= 4 is 23.4 Å². The second kappa shape index (κ2) is 7.77. The highest BCUT2D eigenvalue weighted by Gasteiger charge is 2.30. The van der Waals surface area contributed by atoms with Crippen LogP contribution in [0, 0.1) is 0 Å². The molecule has 3 amide bonds. The van der Waals surface area contributed by atoms with Gasteiger partial charge in [0.2, 0.25) is 11.8 Å². The molecule has 0 atom stereocenters. The molecule has 0 unspecified atom stereocenters. The molecule has 0 aliphatic rings. The van der Waals surface area contributed by atoms with Crippen LogP contribution in [0.2, 0.25) is 0 Å². The number of benzene rings is 2. The maximum absolute atomic E-state index is 12.7. The first-order valence-electron chi connectivity index (χ1n) is 7.41. The van der Waals surface area contributed by atoms with E-state index in [1.54, 1.807) is 0 Å². The summed E-state index contributed by atoms with van der Waals surface area (Å²) < 4.78 is 43.0. The van der Waals surface area contributed by atoms with Crippen LogP contribution in [0.4, 0.5) is 18.9 Å². The summed E-state index contributed by atoms with van der Waals surface area (Å²) in [6.45, 7) is -0.603. The lowest BCUT2D eigenvalue weighted by atomic mass is 10.1. The van der Waals surface area contributed by atoms with Crippen molar-refractivity contribution in [2.75, 3.05) is 11.9 Å². The summed E-state index contributed by atoms with van der Waals surface area (Å²) in [4.78, 5) is 34.5. The van der Waals surface area contributed by atoms with Crippen LogP contribution in [-0.2, 0) is 11.0 Å². The molecule has 0 aliphatic carbocycles. The van der Waals surface area contributed by atoms with Gasteiger partial charge in [0.05, 0.1) is 5.56 Å². The minimum absolute atomic E-state index is 0.0535. The van der Waals surface area contributed by atoms with Crippen molar-refractivity contribution in [3.63, 3.8) is 0 Å². The molecule has 7 nitrogen and oxygen atoms in total. The second-order valence-corrected chi connectivity index (χ2v) is 5.39. The van der Waals surface area contributed by atoms with Crippen LogP contribution in [0.5, 0.6) is 5.75 Å². The fourth-order valence-corrected chi connectivity index (χ4v) is 2.09. The van der Waals surface area contributed by atoms with Crippen molar-refractivity contribution in [2.45, 2.75) is 6.18 Å². The number of carbonyl (C=O) groups excluding carboxylic acids is 3. The predicted molar refractivity (Wildman–Crippen MR) is 89.0 cm³/mol. The predicted octanol–water partition coefficient (Wildman–Crippen LogP) is 1.92. The van der Waals surface area contributed by atoms with E-state index in [4.69, 9.17) is 16.2 Å². The van der Waals surface area contributed by atoms with Crippen molar-refractivity contribution in [1.29, 1.82) is 0 Å². The van der Waals surface area contributed by atoms with Crippen molar-refractivity contribution in [3.8, 4) is 5.75 Å². The number of halogens is 3. The van der Waals surface area contributed by atoms with Gasteiger partial charge < -0.3 is 21.5 Å². The number of nitrogens with one attached hydrogen (secondary N) is 1. The number of rotatable bonds is 6. The molecule has 0 fully saturated rings. The summed E-state index contributed by atoms with van der Waals surface area (Å²) in [5, 5.41) is 2.35. The maximum atomic E-state index is 12.7. The molecule has 142 valence electrons. The van der Waals surface area contributed by atoms with Crippen LogP contribution >= 0.6 is 0 Å². The van der Waals surface area contributed by atoms with Gasteiger partial charge in [0.1, 0.15) is 5.75 Å². The first kappa shape index (κ1) is 19.8. The molecule has 0 aliphatic heterocycles. The monoisotopic (exact) mass is 381 g/mol. The van der Waals surface area contributed by atoms with Gasteiger partial charge in [-0.3, -0.25) is 14.4 Å². The molecule has 2 aromatic carbocycles. The van der Waals surface area contributed by atoms with Gasteiger partial charge in [-0.2, -0.15) is 13.2 Å². The molecule has 2 aromatic rings. The third-order valence-corrected chi connectivity index (χ3v) is 3.32. The van der Waals surface area contributed by atoms with Gasteiger partial charge in [0.15, 0.2) is 6.61 Å². The topological polar surface area (TPSA) is 125 Å². The standard InChI is InChI=1S/C17H14F3N3O4/c18-17(19,20)11-2-1-3-13(7-11)27-8-14(24)23-12-5-9(15(21)25)4-10(6-12)16(22)26/h1-7H,8H2,(H2,21,25)(H2,22,26)(H,23,24). The Balaban J connectivity index is 2.08. The van der Waals surface area contributed by atoms with Crippen LogP contribution in [0.15, 0.2) is 42.5 Å². The van der Waals surface area contributed by atoms with E-state index in [1.165, 1.54) is 24.3 Å². The molecule has 0 saturated heterocycles. The Morgan fingerprint density at radius 2 is 1.56 bits per heavy atom. The van der Waals surface area contributed by atoms with E-state index in [0.29, 0.717) is 0 Å². The van der Waals surface area contributed by atoms with E-state index in [1.807, 2.05) is 0 Å². The largest absolute Gasteiger partial charge is 0.484 e. The first-order valence-corrected chi connectivity index (χ1v) is 7.41. The molecular formula is C17H14F3N3O4. The van der Waals surface area contributed by atoms with Crippen molar-refractivity contribution in [3.05, 3.63) is 59.2 Å². The van der Waals surface area contributed by atoms with E-state index < -0.39 is 36.1 Å². The molecule has 0 aromatic heterocycles. The Morgan fingerprint density at radius 1 is 0.963 bits per heavy atom. The fraction of sp³-hybridized carbons (Fsp3) is 0.118. The molecule has 0 saturated carbocycles. The van der Waals surface area contributed by atoms with Crippen molar-refractivity contribution in [2.24, 2.45) is 11.5 Å². The Bertz CT molecular complexity index is 865. The third-order valence-electron chi connectivity index (χ3n) is 3.32. The number of alkyl halides is 3. The fourth-order valence-electron chi connectivity index (χ4n) is 2.09. The molecule has 0 spiro atoms. The van der Waals surface area contributed by atoms with Gasteiger partial charge in [0.25, 0.3) is 5.91 Å². The Labute approximate surface area is 151 Å². The van der Waals surface area contributed by atoms with E-state index >= 15 is 0 Å². The van der Waals surface area contributed by atoms with Gasteiger partial charge in [-0.05, 0) is 36.4 Å². The summed E-state index contributed by atoms with van der Waals surface area (Å²) in [7, 11) is 0. The highest BCUT2D eigenvalue weighted by atomic mass is 19.4. The van der Waals surface area contributed by atoms with Gasteiger partial charge in [-0.1, -0.05) is 6.07 Å². The number of hydrogen-bond donors (Lipinski definition) is 3. The smallest absolute Gasteiger partial charge is 0.416 e. The SMILES string of the molecule is NC(=O)c1cc(NC(=O)COc2cccc(C(F)(F)F)c2)cc(C(N)=O)c1. The molecule has 27 heavy (non-hydrogen) atoms. The minimum atomic E-state index is -4.54. The lowest BCUT2D eigenvalue weighted by molar-refractivity contribution is -0.137. The zero-order valence-electron chi connectivity index (χ0n) is 13.7. The highest BCUT2D eigenvalue weighted by Crippen LogP contribution is 2.31. The average molecular weight is 381 g/mol. The van der Waals surface area contributed by atoms with Crippen molar-refractivity contribution in [1.82, 2.24) is 0 Å². The molecule has 2 rings (SSSR count). The zero-order chi connectivity index (χ0) is 20.2. The molecule has 0 heterocycles. The Hall–Kier alpha value is -3.56. The second-order valence-electron chi connectivity index (χ2n) is 5.39. The summed E-state index contributed by atoms with van der Waals surface area (Å²) in [5.74, 6) is -2.56. The van der Waals surface area contributed by atoms with Crippen LogP contribution < -0.4 is 21.5 Å². The Kier molecular flexibility index (Phi) is 5.69. The lowest BCUT2D eigenvalue weighted by Gasteiger charge is -2.11. The number of amides is 3. The van der Waals surface area contributed by atoms with Gasteiger partial charge >= 0.3 is 6.18 Å². The van der Waals surface area contributed by atoms with Crippen LogP contribution in [0.1, 0.15) is 26.3 Å².